The number of hydrogen-bond donors (Lipinski definition) is 1. The first-order valence-corrected chi connectivity index (χ1v) is 8.99. The number of rotatable bonds is 4. The van der Waals surface area contributed by atoms with E-state index in [1.807, 2.05) is 29.7 Å². The predicted molar refractivity (Wildman–Crippen MR) is 92.0 cm³/mol. The Kier molecular flexibility index (Phi) is 4.18. The fourth-order valence-electron chi connectivity index (χ4n) is 2.09. The van der Waals surface area contributed by atoms with Crippen LogP contribution < -0.4 is 4.83 Å². The molecule has 1 N–H and O–H groups in total. The van der Waals surface area contributed by atoms with E-state index in [4.69, 9.17) is 0 Å². The van der Waals surface area contributed by atoms with Crippen molar-refractivity contribution in [1.29, 1.82) is 0 Å². The van der Waals surface area contributed by atoms with Gasteiger partial charge in [0.15, 0.2) is 0 Å². The lowest BCUT2D eigenvalue weighted by molar-refractivity contribution is 0.584. The number of sulfonamides is 1. The van der Waals surface area contributed by atoms with Crippen LogP contribution in [0.5, 0.6) is 0 Å². The normalized spacial score (nSPS) is 12.1. The molecule has 0 atom stereocenters. The van der Waals surface area contributed by atoms with Gasteiger partial charge in [0.05, 0.1) is 11.1 Å². The van der Waals surface area contributed by atoms with Gasteiger partial charge in [-0.1, -0.05) is 34.1 Å². The highest BCUT2D eigenvalue weighted by molar-refractivity contribution is 9.10. The van der Waals surface area contributed by atoms with Crippen LogP contribution in [0.4, 0.5) is 0 Å². The van der Waals surface area contributed by atoms with Crippen LogP contribution in [0.15, 0.2) is 63.1 Å². The first kappa shape index (κ1) is 15.7. The van der Waals surface area contributed by atoms with Gasteiger partial charge in [-0.3, -0.25) is 0 Å². The van der Waals surface area contributed by atoms with Gasteiger partial charge >= 0.3 is 0 Å². The summed E-state index contributed by atoms with van der Waals surface area (Å²) < 4.78 is 27.0. The van der Waals surface area contributed by atoms with Gasteiger partial charge in [-0.15, -0.1) is 0 Å². The van der Waals surface area contributed by atoms with Gasteiger partial charge in [-0.05, 0) is 31.2 Å². The number of halogens is 1. The molecule has 0 aliphatic carbocycles. The third kappa shape index (κ3) is 3.27. The fraction of sp³-hybridized carbons (Fsp3) is 0.0667. The molecule has 0 amide bonds. The summed E-state index contributed by atoms with van der Waals surface area (Å²) in [5.41, 5.74) is 2.22. The highest BCUT2D eigenvalue weighted by Gasteiger charge is 2.12. The Bertz CT molecular complexity index is 981. The van der Waals surface area contributed by atoms with Gasteiger partial charge in [-0.25, -0.2) is 9.82 Å². The number of aryl methyl sites for hydroxylation is 1. The standard InChI is InChI=1S/C15H13BrN4O2S/c1-11-14(18-15-9-12(16)7-8-20(11)15)10-17-19-23(21,22)13-5-3-2-4-6-13/h2-10,19H,1H3. The minimum absolute atomic E-state index is 0.160. The molecule has 0 aliphatic rings. The van der Waals surface area contributed by atoms with Gasteiger partial charge in [0, 0.05) is 16.4 Å². The zero-order valence-corrected chi connectivity index (χ0v) is 14.5. The maximum absolute atomic E-state index is 12.1. The summed E-state index contributed by atoms with van der Waals surface area (Å²) in [7, 11) is -3.67. The fourth-order valence-corrected chi connectivity index (χ4v) is 3.23. The van der Waals surface area contributed by atoms with Crippen molar-refractivity contribution in [3.8, 4) is 0 Å². The number of aromatic nitrogens is 2. The number of imidazole rings is 1. The summed E-state index contributed by atoms with van der Waals surface area (Å²) in [5.74, 6) is 0. The quantitative estimate of drug-likeness (QED) is 0.547. The van der Waals surface area contributed by atoms with Crippen molar-refractivity contribution in [1.82, 2.24) is 14.2 Å². The van der Waals surface area contributed by atoms with E-state index in [2.05, 4.69) is 30.8 Å². The zero-order valence-electron chi connectivity index (χ0n) is 12.1. The topological polar surface area (TPSA) is 75.8 Å². The van der Waals surface area contributed by atoms with Gasteiger partial charge in [0.1, 0.15) is 11.3 Å². The van der Waals surface area contributed by atoms with Crippen molar-refractivity contribution in [2.45, 2.75) is 11.8 Å². The SMILES string of the molecule is Cc1c(C=NNS(=O)(=O)c2ccccc2)nc2cc(Br)ccn12. The molecular weight excluding hydrogens is 380 g/mol. The molecule has 3 rings (SSSR count). The van der Waals surface area contributed by atoms with Crippen LogP contribution >= 0.6 is 15.9 Å². The molecule has 118 valence electrons. The summed E-state index contributed by atoms with van der Waals surface area (Å²) in [6.45, 7) is 1.89. The maximum atomic E-state index is 12.1. The Labute approximate surface area is 142 Å². The zero-order chi connectivity index (χ0) is 16.4. The van der Waals surface area contributed by atoms with Crippen LogP contribution in [-0.4, -0.2) is 24.0 Å². The largest absolute Gasteiger partial charge is 0.304 e. The summed E-state index contributed by atoms with van der Waals surface area (Å²) in [6, 6.07) is 11.8. The average molecular weight is 393 g/mol. The molecule has 0 fully saturated rings. The monoisotopic (exact) mass is 392 g/mol. The Morgan fingerprint density at radius 2 is 2.00 bits per heavy atom. The third-order valence-corrected chi connectivity index (χ3v) is 5.01. The highest BCUT2D eigenvalue weighted by Crippen LogP contribution is 2.16. The summed E-state index contributed by atoms with van der Waals surface area (Å²) >= 11 is 3.39. The summed E-state index contributed by atoms with van der Waals surface area (Å²) in [6.07, 6.45) is 3.28. The van der Waals surface area contributed by atoms with Crippen molar-refractivity contribution in [3.63, 3.8) is 0 Å². The van der Waals surface area contributed by atoms with Crippen molar-refractivity contribution >= 4 is 37.8 Å². The number of nitrogens with one attached hydrogen (secondary N) is 1. The summed E-state index contributed by atoms with van der Waals surface area (Å²) in [5, 5.41) is 3.82. The number of fused-ring (bicyclic) bond motifs is 1. The van der Waals surface area contributed by atoms with E-state index in [0.717, 1.165) is 15.8 Å². The van der Waals surface area contributed by atoms with Crippen LogP contribution in [0.2, 0.25) is 0 Å². The van der Waals surface area contributed by atoms with Crippen molar-refractivity contribution in [3.05, 3.63) is 64.5 Å². The molecule has 0 spiro atoms. The van der Waals surface area contributed by atoms with E-state index in [0.29, 0.717) is 5.69 Å². The molecule has 0 radical (unpaired) electrons. The number of hydrazone groups is 1. The first-order valence-electron chi connectivity index (χ1n) is 6.71. The Morgan fingerprint density at radius 3 is 2.74 bits per heavy atom. The molecule has 3 aromatic rings. The van der Waals surface area contributed by atoms with Crippen LogP contribution in [0.3, 0.4) is 0 Å². The van der Waals surface area contributed by atoms with E-state index in [-0.39, 0.29) is 4.90 Å². The predicted octanol–water partition coefficient (Wildman–Crippen LogP) is 2.72. The van der Waals surface area contributed by atoms with Crippen molar-refractivity contribution in [2.75, 3.05) is 0 Å². The van der Waals surface area contributed by atoms with Crippen molar-refractivity contribution < 1.29 is 8.42 Å². The summed E-state index contributed by atoms with van der Waals surface area (Å²) in [4.78, 5) is 6.76. The molecule has 6 nitrogen and oxygen atoms in total. The lowest BCUT2D eigenvalue weighted by Crippen LogP contribution is -2.18. The van der Waals surface area contributed by atoms with E-state index < -0.39 is 10.0 Å². The lowest BCUT2D eigenvalue weighted by atomic mass is 10.4. The Hall–Kier alpha value is -2.19. The minimum Gasteiger partial charge on any atom is -0.304 e. The number of pyridine rings is 1. The Morgan fingerprint density at radius 1 is 1.26 bits per heavy atom. The number of hydrogen-bond acceptors (Lipinski definition) is 4. The molecule has 2 aromatic heterocycles. The van der Waals surface area contributed by atoms with Crippen LogP contribution in [0, 0.1) is 6.92 Å². The molecule has 0 saturated carbocycles. The second-order valence-corrected chi connectivity index (χ2v) is 7.40. The van der Waals surface area contributed by atoms with Crippen LogP contribution in [0.25, 0.3) is 5.65 Å². The molecule has 23 heavy (non-hydrogen) atoms. The Balaban J connectivity index is 1.85. The van der Waals surface area contributed by atoms with Gasteiger partial charge in [-0.2, -0.15) is 13.5 Å². The van der Waals surface area contributed by atoms with E-state index in [1.54, 1.807) is 18.2 Å². The average Bonchev–Trinajstić information content (AvgIpc) is 2.84. The molecule has 0 saturated heterocycles. The molecule has 0 bridgehead atoms. The van der Waals surface area contributed by atoms with E-state index >= 15 is 0 Å². The molecule has 2 heterocycles. The lowest BCUT2D eigenvalue weighted by Gasteiger charge is -2.01. The van der Waals surface area contributed by atoms with Crippen molar-refractivity contribution in [2.24, 2.45) is 5.10 Å². The second-order valence-electron chi connectivity index (χ2n) is 4.82. The number of nitrogens with zero attached hydrogens (tertiary/aromatic N) is 3. The van der Waals surface area contributed by atoms with E-state index in [1.165, 1.54) is 18.3 Å². The van der Waals surface area contributed by atoms with Crippen LogP contribution in [-0.2, 0) is 10.0 Å². The third-order valence-electron chi connectivity index (χ3n) is 3.28. The molecule has 8 heteroatoms. The molecular formula is C15H13BrN4O2S. The van der Waals surface area contributed by atoms with Crippen LogP contribution in [0.1, 0.15) is 11.4 Å². The molecule has 0 aliphatic heterocycles. The minimum atomic E-state index is -3.67. The molecule has 1 aromatic carbocycles. The van der Waals surface area contributed by atoms with Gasteiger partial charge < -0.3 is 4.40 Å². The van der Waals surface area contributed by atoms with Gasteiger partial charge in [0.25, 0.3) is 10.0 Å². The smallest absolute Gasteiger partial charge is 0.276 e. The highest BCUT2D eigenvalue weighted by atomic mass is 79.9. The van der Waals surface area contributed by atoms with Gasteiger partial charge in [0.2, 0.25) is 0 Å². The first-order chi connectivity index (χ1) is 11.0. The molecule has 0 unspecified atom stereocenters. The number of benzene rings is 1. The maximum Gasteiger partial charge on any atom is 0.276 e. The van der Waals surface area contributed by atoms with E-state index in [9.17, 15) is 8.42 Å². The second kappa shape index (κ2) is 6.13.